The molecule has 1 amide bonds. The Morgan fingerprint density at radius 3 is 2.57 bits per heavy atom. The number of carbonyl (C=O) groups is 1. The van der Waals surface area contributed by atoms with E-state index in [9.17, 15) is 13.2 Å². The van der Waals surface area contributed by atoms with Crippen LogP contribution >= 0.6 is 0 Å². The Bertz CT molecular complexity index is 746. The van der Waals surface area contributed by atoms with Crippen LogP contribution < -0.4 is 14.9 Å². The number of likely N-dealkylation sites (N-methyl/N-ethyl adjacent to an activating group) is 1. The van der Waals surface area contributed by atoms with Crippen molar-refractivity contribution in [2.24, 2.45) is 0 Å². The molecular formula is C19H31N3O5S. The standard InChI is InChI=1S/C19H31N3O5S/c1-4-7-14-28(25,26)21-17-15-16(9-11-19(23)20-24)8-10-18(17)27-13-12-22(5-2)6-3/h8-11,15,21,24H,4-7,12-14H2,1-3H3,(H,20,23)/b11-9+. The lowest BCUT2D eigenvalue weighted by atomic mass is 10.1. The summed E-state index contributed by atoms with van der Waals surface area (Å²) in [5.74, 6) is -0.226. The number of benzene rings is 1. The van der Waals surface area contributed by atoms with Crippen molar-refractivity contribution in [1.82, 2.24) is 10.4 Å². The summed E-state index contributed by atoms with van der Waals surface area (Å²) < 4.78 is 33.0. The van der Waals surface area contributed by atoms with Crippen molar-refractivity contribution in [3.8, 4) is 5.75 Å². The van der Waals surface area contributed by atoms with Crippen LogP contribution in [0.4, 0.5) is 5.69 Å². The maximum absolute atomic E-state index is 12.3. The van der Waals surface area contributed by atoms with Crippen molar-refractivity contribution in [1.29, 1.82) is 0 Å². The van der Waals surface area contributed by atoms with Gasteiger partial charge in [0.15, 0.2) is 0 Å². The first-order chi connectivity index (χ1) is 13.3. The number of nitrogens with zero attached hydrogens (tertiary/aromatic N) is 1. The molecule has 0 radical (unpaired) electrons. The topological polar surface area (TPSA) is 108 Å². The average Bonchev–Trinajstić information content (AvgIpc) is 2.68. The molecule has 28 heavy (non-hydrogen) atoms. The van der Waals surface area contributed by atoms with Gasteiger partial charge in [-0.2, -0.15) is 0 Å². The van der Waals surface area contributed by atoms with Gasteiger partial charge >= 0.3 is 0 Å². The van der Waals surface area contributed by atoms with Gasteiger partial charge in [0, 0.05) is 12.6 Å². The molecule has 0 unspecified atom stereocenters. The van der Waals surface area contributed by atoms with Gasteiger partial charge in [-0.15, -0.1) is 0 Å². The number of nitrogens with one attached hydrogen (secondary N) is 2. The maximum atomic E-state index is 12.3. The van der Waals surface area contributed by atoms with E-state index in [-0.39, 0.29) is 5.75 Å². The summed E-state index contributed by atoms with van der Waals surface area (Å²) in [6, 6.07) is 4.96. The minimum atomic E-state index is -3.51. The van der Waals surface area contributed by atoms with E-state index >= 15 is 0 Å². The van der Waals surface area contributed by atoms with E-state index in [4.69, 9.17) is 9.94 Å². The number of carbonyl (C=O) groups excluding carboxylic acids is 1. The van der Waals surface area contributed by atoms with Gasteiger partial charge in [-0.1, -0.05) is 33.3 Å². The molecule has 0 bridgehead atoms. The third-order valence-electron chi connectivity index (χ3n) is 4.13. The molecule has 9 heteroatoms. The molecule has 0 aromatic heterocycles. The smallest absolute Gasteiger partial charge is 0.267 e. The zero-order valence-corrected chi connectivity index (χ0v) is 17.6. The van der Waals surface area contributed by atoms with Crippen LogP contribution in [0.25, 0.3) is 6.08 Å². The summed E-state index contributed by atoms with van der Waals surface area (Å²) in [7, 11) is -3.51. The van der Waals surface area contributed by atoms with Gasteiger partial charge in [0.1, 0.15) is 12.4 Å². The van der Waals surface area contributed by atoms with Gasteiger partial charge in [0.2, 0.25) is 10.0 Å². The van der Waals surface area contributed by atoms with Gasteiger partial charge in [0.25, 0.3) is 5.91 Å². The van der Waals surface area contributed by atoms with Gasteiger partial charge in [-0.3, -0.25) is 14.7 Å². The second kappa shape index (κ2) is 12.4. The highest BCUT2D eigenvalue weighted by Gasteiger charge is 2.14. The zero-order chi connectivity index (χ0) is 21.0. The van der Waals surface area contributed by atoms with E-state index in [1.54, 1.807) is 18.2 Å². The van der Waals surface area contributed by atoms with Crippen LogP contribution in [0.2, 0.25) is 0 Å². The number of rotatable bonds is 13. The fourth-order valence-electron chi connectivity index (χ4n) is 2.44. The number of anilines is 1. The lowest BCUT2D eigenvalue weighted by Crippen LogP contribution is -2.28. The van der Waals surface area contributed by atoms with E-state index in [1.807, 2.05) is 6.92 Å². The van der Waals surface area contributed by atoms with E-state index in [2.05, 4.69) is 23.5 Å². The van der Waals surface area contributed by atoms with Crippen LogP contribution in [0, 0.1) is 0 Å². The van der Waals surface area contributed by atoms with E-state index in [1.165, 1.54) is 11.6 Å². The minimum Gasteiger partial charge on any atom is -0.490 e. The average molecular weight is 414 g/mol. The number of unbranched alkanes of at least 4 members (excludes halogenated alkanes) is 1. The van der Waals surface area contributed by atoms with Crippen LogP contribution in [-0.4, -0.2) is 56.4 Å². The highest BCUT2D eigenvalue weighted by atomic mass is 32.2. The van der Waals surface area contributed by atoms with Crippen molar-refractivity contribution in [3.63, 3.8) is 0 Å². The SMILES string of the molecule is CCCCS(=O)(=O)Nc1cc(/C=C/C(=O)NO)ccc1OCCN(CC)CC. The molecule has 0 aliphatic rings. The molecule has 158 valence electrons. The molecule has 3 N–H and O–H groups in total. The molecule has 8 nitrogen and oxygen atoms in total. The van der Waals surface area contributed by atoms with Gasteiger partial charge in [-0.25, -0.2) is 13.9 Å². The van der Waals surface area contributed by atoms with Crippen molar-refractivity contribution in [2.45, 2.75) is 33.6 Å². The lowest BCUT2D eigenvalue weighted by molar-refractivity contribution is -0.124. The molecule has 0 spiro atoms. The second-order valence-electron chi connectivity index (χ2n) is 6.21. The molecule has 1 rings (SSSR count). The Balaban J connectivity index is 3.02. The van der Waals surface area contributed by atoms with Crippen LogP contribution in [0.15, 0.2) is 24.3 Å². The van der Waals surface area contributed by atoms with Gasteiger partial charge in [0.05, 0.1) is 11.4 Å². The second-order valence-corrected chi connectivity index (χ2v) is 8.06. The summed E-state index contributed by atoms with van der Waals surface area (Å²) in [5, 5.41) is 8.56. The van der Waals surface area contributed by atoms with Crippen molar-refractivity contribution in [3.05, 3.63) is 29.8 Å². The highest BCUT2D eigenvalue weighted by Crippen LogP contribution is 2.28. The molecule has 0 saturated carbocycles. The highest BCUT2D eigenvalue weighted by molar-refractivity contribution is 7.92. The van der Waals surface area contributed by atoms with Crippen molar-refractivity contribution >= 4 is 27.7 Å². The fraction of sp³-hybridized carbons (Fsp3) is 0.526. The molecule has 0 heterocycles. The third kappa shape index (κ3) is 8.73. The maximum Gasteiger partial charge on any atom is 0.267 e. The summed E-state index contributed by atoms with van der Waals surface area (Å²) in [6.07, 6.45) is 3.94. The number of hydrogen-bond donors (Lipinski definition) is 3. The molecule has 0 fully saturated rings. The first-order valence-corrected chi connectivity index (χ1v) is 11.1. The quantitative estimate of drug-likeness (QED) is 0.260. The lowest BCUT2D eigenvalue weighted by Gasteiger charge is -2.19. The summed E-state index contributed by atoms with van der Waals surface area (Å²) in [4.78, 5) is 13.4. The van der Waals surface area contributed by atoms with E-state index < -0.39 is 15.9 Å². The third-order valence-corrected chi connectivity index (χ3v) is 5.49. The molecule has 1 aromatic carbocycles. The monoisotopic (exact) mass is 413 g/mol. The Hall–Kier alpha value is -2.10. The number of amides is 1. The number of hydroxylamine groups is 1. The number of ether oxygens (including phenoxy) is 1. The Kier molecular flexibility index (Phi) is 10.6. The largest absolute Gasteiger partial charge is 0.490 e. The van der Waals surface area contributed by atoms with E-state index in [0.29, 0.717) is 30.0 Å². The van der Waals surface area contributed by atoms with Crippen LogP contribution in [0.5, 0.6) is 5.75 Å². The first kappa shape index (κ1) is 23.9. The normalized spacial score (nSPS) is 11.8. The molecule has 0 saturated heterocycles. The van der Waals surface area contributed by atoms with Crippen LogP contribution in [0.3, 0.4) is 0 Å². The van der Waals surface area contributed by atoms with E-state index in [0.717, 1.165) is 32.1 Å². The summed E-state index contributed by atoms with van der Waals surface area (Å²) in [6.45, 7) is 9.04. The van der Waals surface area contributed by atoms with Crippen molar-refractivity contribution < 1.29 is 23.2 Å². The zero-order valence-electron chi connectivity index (χ0n) is 16.8. The Morgan fingerprint density at radius 2 is 1.96 bits per heavy atom. The predicted octanol–water partition coefficient (Wildman–Crippen LogP) is 2.47. The summed E-state index contributed by atoms with van der Waals surface area (Å²) >= 11 is 0. The number of hydrogen-bond acceptors (Lipinski definition) is 6. The van der Waals surface area contributed by atoms with Crippen LogP contribution in [0.1, 0.15) is 39.2 Å². The molecule has 0 atom stereocenters. The van der Waals surface area contributed by atoms with Crippen molar-refractivity contribution in [2.75, 3.05) is 36.7 Å². The predicted molar refractivity (Wildman–Crippen MR) is 111 cm³/mol. The molecule has 0 aliphatic carbocycles. The first-order valence-electron chi connectivity index (χ1n) is 9.47. The molecular weight excluding hydrogens is 382 g/mol. The molecule has 1 aromatic rings. The molecule has 0 aliphatic heterocycles. The summed E-state index contributed by atoms with van der Waals surface area (Å²) in [5.41, 5.74) is 2.42. The number of sulfonamides is 1. The van der Waals surface area contributed by atoms with Gasteiger partial charge in [-0.05, 0) is 43.3 Å². The Labute approximate surface area is 167 Å². The minimum absolute atomic E-state index is 0.0232. The van der Waals surface area contributed by atoms with Crippen LogP contribution in [-0.2, 0) is 14.8 Å². The Morgan fingerprint density at radius 1 is 1.25 bits per heavy atom. The van der Waals surface area contributed by atoms with Gasteiger partial charge < -0.3 is 9.64 Å². The fourth-order valence-corrected chi connectivity index (χ4v) is 3.71.